The van der Waals surface area contributed by atoms with E-state index in [2.05, 4.69) is 9.82 Å². The van der Waals surface area contributed by atoms with Crippen molar-refractivity contribution in [1.82, 2.24) is 9.78 Å². The Kier molecular flexibility index (Phi) is 4.59. The molecule has 0 saturated heterocycles. The molecule has 8 heteroatoms. The number of aromatic nitrogens is 2. The van der Waals surface area contributed by atoms with Gasteiger partial charge in [0.1, 0.15) is 10.7 Å². The van der Waals surface area contributed by atoms with Crippen LogP contribution in [0.25, 0.3) is 0 Å². The lowest BCUT2D eigenvalue weighted by atomic mass is 10.2. The molecular formula is C13H17FN4O2S. The van der Waals surface area contributed by atoms with E-state index in [-0.39, 0.29) is 10.6 Å². The first-order chi connectivity index (χ1) is 9.92. The number of nitrogens with one attached hydrogen (secondary N) is 1. The highest BCUT2D eigenvalue weighted by Crippen LogP contribution is 2.18. The van der Waals surface area contributed by atoms with Crippen LogP contribution in [0.5, 0.6) is 0 Å². The van der Waals surface area contributed by atoms with Crippen LogP contribution in [-0.2, 0) is 16.6 Å². The van der Waals surface area contributed by atoms with Crippen molar-refractivity contribution in [3.63, 3.8) is 0 Å². The van der Waals surface area contributed by atoms with Gasteiger partial charge in [-0.2, -0.15) is 5.10 Å². The highest BCUT2D eigenvalue weighted by atomic mass is 32.2. The van der Waals surface area contributed by atoms with E-state index in [0.29, 0.717) is 25.1 Å². The lowest BCUT2D eigenvalue weighted by molar-refractivity contribution is 0.582. The number of nitrogens with two attached hydrogens (primary N) is 1. The molecule has 0 amide bonds. The van der Waals surface area contributed by atoms with Crippen LogP contribution in [0.4, 0.5) is 10.1 Å². The largest absolute Gasteiger partial charge is 0.330 e. The Balaban J connectivity index is 2.17. The normalized spacial score (nSPS) is 11.6. The Morgan fingerprint density at radius 1 is 1.43 bits per heavy atom. The summed E-state index contributed by atoms with van der Waals surface area (Å²) in [6, 6.07) is 4.17. The Labute approximate surface area is 122 Å². The number of hydrogen-bond donors (Lipinski definition) is 2. The minimum Gasteiger partial charge on any atom is -0.330 e. The fourth-order valence-corrected chi connectivity index (χ4v) is 2.73. The van der Waals surface area contributed by atoms with Gasteiger partial charge in [0.15, 0.2) is 0 Å². The van der Waals surface area contributed by atoms with Gasteiger partial charge < -0.3 is 5.73 Å². The van der Waals surface area contributed by atoms with Crippen LogP contribution in [0.1, 0.15) is 12.0 Å². The van der Waals surface area contributed by atoms with Crippen LogP contribution in [0.2, 0.25) is 0 Å². The standard InChI is InChI=1S/C13H17FN4O2S/c1-10-3-4-11(7-13(10)14)17-21(19,20)12-8-16-18(9-12)6-2-5-15/h3-4,7-9,17H,2,5-6,15H2,1H3. The third kappa shape index (κ3) is 3.79. The number of sulfonamides is 1. The van der Waals surface area contributed by atoms with Crippen molar-refractivity contribution in [2.75, 3.05) is 11.3 Å². The third-order valence-electron chi connectivity index (χ3n) is 2.94. The molecule has 0 aliphatic rings. The number of hydrogen-bond acceptors (Lipinski definition) is 4. The molecule has 6 nitrogen and oxygen atoms in total. The monoisotopic (exact) mass is 312 g/mol. The maximum atomic E-state index is 13.4. The number of anilines is 1. The SMILES string of the molecule is Cc1ccc(NS(=O)(=O)c2cnn(CCCN)c2)cc1F. The Morgan fingerprint density at radius 3 is 2.86 bits per heavy atom. The molecule has 0 saturated carbocycles. The van der Waals surface area contributed by atoms with E-state index in [1.807, 2.05) is 0 Å². The second-order valence-corrected chi connectivity index (χ2v) is 6.33. The summed E-state index contributed by atoms with van der Waals surface area (Å²) in [6.07, 6.45) is 3.38. The quantitative estimate of drug-likeness (QED) is 0.845. The van der Waals surface area contributed by atoms with Gasteiger partial charge in [0.05, 0.1) is 11.9 Å². The third-order valence-corrected chi connectivity index (χ3v) is 4.27. The van der Waals surface area contributed by atoms with Gasteiger partial charge in [-0.05, 0) is 37.6 Å². The highest BCUT2D eigenvalue weighted by Gasteiger charge is 2.17. The first-order valence-electron chi connectivity index (χ1n) is 6.44. The summed E-state index contributed by atoms with van der Waals surface area (Å²) < 4.78 is 41.6. The van der Waals surface area contributed by atoms with Crippen LogP contribution < -0.4 is 10.5 Å². The van der Waals surface area contributed by atoms with E-state index in [1.165, 1.54) is 29.2 Å². The van der Waals surface area contributed by atoms with Gasteiger partial charge in [-0.25, -0.2) is 12.8 Å². The Bertz CT molecular complexity index is 728. The van der Waals surface area contributed by atoms with Crippen LogP contribution in [0, 0.1) is 12.7 Å². The molecule has 0 spiro atoms. The molecule has 2 aromatic rings. The predicted octanol–water partition coefficient (Wildman–Crippen LogP) is 1.48. The first kappa shape index (κ1) is 15.5. The average Bonchev–Trinajstić information content (AvgIpc) is 2.90. The van der Waals surface area contributed by atoms with Crippen molar-refractivity contribution >= 4 is 15.7 Å². The second-order valence-electron chi connectivity index (χ2n) is 4.65. The van der Waals surface area contributed by atoms with Crippen molar-refractivity contribution in [3.8, 4) is 0 Å². The lowest BCUT2D eigenvalue weighted by Gasteiger charge is -2.07. The topological polar surface area (TPSA) is 90.0 Å². The van der Waals surface area contributed by atoms with E-state index in [0.717, 1.165) is 6.07 Å². The molecule has 1 aromatic carbocycles. The fourth-order valence-electron chi connectivity index (χ4n) is 1.73. The van der Waals surface area contributed by atoms with Crippen LogP contribution >= 0.6 is 0 Å². The predicted molar refractivity (Wildman–Crippen MR) is 77.8 cm³/mol. The molecule has 21 heavy (non-hydrogen) atoms. The number of benzene rings is 1. The fraction of sp³-hybridized carbons (Fsp3) is 0.308. The summed E-state index contributed by atoms with van der Waals surface area (Å²) in [5, 5.41) is 3.96. The number of rotatable bonds is 6. The van der Waals surface area contributed by atoms with E-state index in [4.69, 9.17) is 5.73 Å². The van der Waals surface area contributed by atoms with Gasteiger partial charge in [-0.1, -0.05) is 6.07 Å². The highest BCUT2D eigenvalue weighted by molar-refractivity contribution is 7.92. The lowest BCUT2D eigenvalue weighted by Crippen LogP contribution is -2.12. The molecule has 2 rings (SSSR count). The zero-order valence-electron chi connectivity index (χ0n) is 11.6. The minimum absolute atomic E-state index is 0.0282. The average molecular weight is 312 g/mol. The number of halogens is 1. The van der Waals surface area contributed by atoms with E-state index >= 15 is 0 Å². The van der Waals surface area contributed by atoms with Crippen molar-refractivity contribution in [1.29, 1.82) is 0 Å². The van der Waals surface area contributed by atoms with Crippen molar-refractivity contribution in [3.05, 3.63) is 42.0 Å². The van der Waals surface area contributed by atoms with Crippen molar-refractivity contribution in [2.45, 2.75) is 24.8 Å². The van der Waals surface area contributed by atoms with Gasteiger partial charge >= 0.3 is 0 Å². The van der Waals surface area contributed by atoms with Crippen LogP contribution in [0.3, 0.4) is 0 Å². The van der Waals surface area contributed by atoms with E-state index in [1.54, 1.807) is 6.92 Å². The number of nitrogens with zero attached hydrogens (tertiary/aromatic N) is 2. The summed E-state index contributed by atoms with van der Waals surface area (Å²) in [6.45, 7) is 2.66. The van der Waals surface area contributed by atoms with E-state index in [9.17, 15) is 12.8 Å². The molecule has 0 aliphatic carbocycles. The Hall–Kier alpha value is -1.93. The summed E-state index contributed by atoms with van der Waals surface area (Å²) >= 11 is 0. The van der Waals surface area contributed by atoms with Gasteiger partial charge in [0.25, 0.3) is 10.0 Å². The Morgan fingerprint density at radius 2 is 2.19 bits per heavy atom. The smallest absolute Gasteiger partial charge is 0.265 e. The van der Waals surface area contributed by atoms with Crippen LogP contribution in [0.15, 0.2) is 35.5 Å². The van der Waals surface area contributed by atoms with Crippen LogP contribution in [-0.4, -0.2) is 24.7 Å². The summed E-state index contributed by atoms with van der Waals surface area (Å²) in [4.78, 5) is 0.0282. The molecule has 0 radical (unpaired) electrons. The first-order valence-corrected chi connectivity index (χ1v) is 7.92. The molecule has 0 unspecified atom stereocenters. The maximum Gasteiger partial charge on any atom is 0.265 e. The van der Waals surface area contributed by atoms with Crippen molar-refractivity contribution in [2.24, 2.45) is 5.73 Å². The molecule has 0 fully saturated rings. The van der Waals surface area contributed by atoms with Gasteiger partial charge in [-0.15, -0.1) is 0 Å². The van der Waals surface area contributed by atoms with Gasteiger partial charge in [0, 0.05) is 12.7 Å². The van der Waals surface area contributed by atoms with Gasteiger partial charge in [0.2, 0.25) is 0 Å². The zero-order chi connectivity index (χ0) is 15.5. The molecule has 1 aromatic heterocycles. The molecule has 114 valence electrons. The molecular weight excluding hydrogens is 295 g/mol. The number of aryl methyl sites for hydroxylation is 2. The van der Waals surface area contributed by atoms with Crippen molar-refractivity contribution < 1.29 is 12.8 Å². The summed E-state index contributed by atoms with van der Waals surface area (Å²) in [5.41, 5.74) is 6.02. The molecule has 0 bridgehead atoms. The summed E-state index contributed by atoms with van der Waals surface area (Å²) in [7, 11) is -3.78. The zero-order valence-corrected chi connectivity index (χ0v) is 12.4. The minimum atomic E-state index is -3.78. The molecule has 1 heterocycles. The molecule has 0 atom stereocenters. The molecule has 3 N–H and O–H groups in total. The molecule has 0 aliphatic heterocycles. The van der Waals surface area contributed by atoms with E-state index < -0.39 is 15.8 Å². The van der Waals surface area contributed by atoms with Gasteiger partial charge in [-0.3, -0.25) is 9.40 Å². The maximum absolute atomic E-state index is 13.4. The second kappa shape index (κ2) is 6.23. The summed E-state index contributed by atoms with van der Waals surface area (Å²) in [5.74, 6) is -0.464.